The Balaban J connectivity index is 1.64. The number of hydrogen-bond donors (Lipinski definition) is 0. The SMILES string of the molecule is COC(=O)C1=C(C)N=c2s/c(=C/c3ccc(-c4cccc(Br)c4)o3)c(=O)n2C1c1ccc(OC)cc1. The fourth-order valence-electron chi connectivity index (χ4n) is 4.15. The van der Waals surface area contributed by atoms with Gasteiger partial charge in [0.1, 0.15) is 17.3 Å². The molecule has 0 bridgehead atoms. The van der Waals surface area contributed by atoms with Gasteiger partial charge < -0.3 is 13.9 Å². The zero-order valence-corrected chi connectivity index (χ0v) is 22.1. The number of thiazole rings is 1. The molecule has 0 aliphatic carbocycles. The summed E-state index contributed by atoms with van der Waals surface area (Å²) in [6.45, 7) is 1.75. The molecule has 5 rings (SSSR count). The number of carbonyl (C=O) groups excluding carboxylic acids is 1. The number of carbonyl (C=O) groups is 1. The topological polar surface area (TPSA) is 83.0 Å². The van der Waals surface area contributed by atoms with Crippen molar-refractivity contribution in [3.8, 4) is 17.1 Å². The normalized spacial score (nSPS) is 15.4. The van der Waals surface area contributed by atoms with Gasteiger partial charge in [-0.2, -0.15) is 0 Å². The van der Waals surface area contributed by atoms with Gasteiger partial charge >= 0.3 is 5.97 Å². The van der Waals surface area contributed by atoms with E-state index in [-0.39, 0.29) is 5.56 Å². The van der Waals surface area contributed by atoms with Gasteiger partial charge in [-0.05, 0) is 48.9 Å². The average Bonchev–Trinajstić information content (AvgIpc) is 3.47. The molecule has 36 heavy (non-hydrogen) atoms. The lowest BCUT2D eigenvalue weighted by Crippen LogP contribution is -2.39. The van der Waals surface area contributed by atoms with Gasteiger partial charge in [-0.15, -0.1) is 0 Å². The Hall–Kier alpha value is -3.69. The van der Waals surface area contributed by atoms with E-state index in [0.717, 1.165) is 15.6 Å². The molecule has 0 N–H and O–H groups in total. The molecular formula is C27H21BrN2O5S. The number of furan rings is 1. The second kappa shape index (κ2) is 9.75. The summed E-state index contributed by atoms with van der Waals surface area (Å²) in [5, 5.41) is 0. The molecule has 182 valence electrons. The maximum absolute atomic E-state index is 13.6. The number of ether oxygens (including phenoxy) is 2. The zero-order valence-electron chi connectivity index (χ0n) is 19.7. The predicted molar refractivity (Wildman–Crippen MR) is 141 cm³/mol. The summed E-state index contributed by atoms with van der Waals surface area (Å²) in [5.74, 6) is 1.37. The van der Waals surface area contributed by atoms with Crippen LogP contribution in [0.25, 0.3) is 17.4 Å². The molecule has 7 nitrogen and oxygen atoms in total. The molecule has 4 aromatic rings. The summed E-state index contributed by atoms with van der Waals surface area (Å²) in [4.78, 5) is 31.5. The van der Waals surface area contributed by atoms with Gasteiger partial charge in [-0.3, -0.25) is 9.36 Å². The Morgan fingerprint density at radius 2 is 1.92 bits per heavy atom. The quantitative estimate of drug-likeness (QED) is 0.335. The van der Waals surface area contributed by atoms with Crippen molar-refractivity contribution in [3.05, 3.63) is 107 Å². The highest BCUT2D eigenvalue weighted by molar-refractivity contribution is 9.10. The number of fused-ring (bicyclic) bond motifs is 1. The smallest absolute Gasteiger partial charge is 0.338 e. The molecule has 1 atom stereocenters. The molecule has 9 heteroatoms. The average molecular weight is 565 g/mol. The highest BCUT2D eigenvalue weighted by Gasteiger charge is 2.33. The van der Waals surface area contributed by atoms with Crippen LogP contribution in [0.5, 0.6) is 5.75 Å². The highest BCUT2D eigenvalue weighted by Crippen LogP contribution is 2.31. The van der Waals surface area contributed by atoms with Crippen molar-refractivity contribution in [2.24, 2.45) is 4.99 Å². The maximum Gasteiger partial charge on any atom is 0.338 e. The molecule has 0 fully saturated rings. The lowest BCUT2D eigenvalue weighted by atomic mass is 9.96. The molecule has 0 radical (unpaired) electrons. The van der Waals surface area contributed by atoms with Gasteiger partial charge in [0.05, 0.1) is 36.1 Å². The molecule has 3 heterocycles. The molecule has 1 aliphatic heterocycles. The van der Waals surface area contributed by atoms with Gasteiger partial charge in [0.15, 0.2) is 4.80 Å². The number of hydrogen-bond acceptors (Lipinski definition) is 7. The van der Waals surface area contributed by atoms with E-state index in [0.29, 0.717) is 37.9 Å². The Kier molecular flexibility index (Phi) is 6.51. The number of allylic oxidation sites excluding steroid dienone is 1. The largest absolute Gasteiger partial charge is 0.497 e. The minimum atomic E-state index is -0.685. The van der Waals surface area contributed by atoms with E-state index < -0.39 is 12.0 Å². The number of halogens is 1. The first-order chi connectivity index (χ1) is 17.4. The van der Waals surface area contributed by atoms with E-state index in [1.54, 1.807) is 32.2 Å². The van der Waals surface area contributed by atoms with Crippen LogP contribution in [-0.4, -0.2) is 24.8 Å². The predicted octanol–water partition coefficient (Wildman–Crippen LogP) is 4.44. The van der Waals surface area contributed by atoms with Crippen LogP contribution in [0, 0.1) is 0 Å². The first kappa shape index (κ1) is 24.0. The number of methoxy groups -OCH3 is 2. The minimum Gasteiger partial charge on any atom is -0.497 e. The van der Waals surface area contributed by atoms with Crippen molar-refractivity contribution >= 4 is 39.3 Å². The molecule has 0 spiro atoms. The number of rotatable bonds is 5. The van der Waals surface area contributed by atoms with Crippen molar-refractivity contribution in [1.82, 2.24) is 4.57 Å². The van der Waals surface area contributed by atoms with Crippen molar-refractivity contribution in [2.45, 2.75) is 13.0 Å². The lowest BCUT2D eigenvalue weighted by Gasteiger charge is -2.24. The molecule has 0 saturated carbocycles. The molecular weight excluding hydrogens is 544 g/mol. The van der Waals surface area contributed by atoms with Gasteiger partial charge in [0.25, 0.3) is 5.56 Å². The van der Waals surface area contributed by atoms with E-state index in [2.05, 4.69) is 20.9 Å². The second-order valence-electron chi connectivity index (χ2n) is 8.06. The van der Waals surface area contributed by atoms with Crippen molar-refractivity contribution in [2.75, 3.05) is 14.2 Å². The van der Waals surface area contributed by atoms with Gasteiger partial charge in [0, 0.05) is 16.1 Å². The van der Waals surface area contributed by atoms with Crippen LogP contribution in [0.1, 0.15) is 24.3 Å². The summed E-state index contributed by atoms with van der Waals surface area (Å²) in [5.41, 5.74) is 2.22. The molecule has 1 unspecified atom stereocenters. The molecule has 0 amide bonds. The first-order valence-corrected chi connectivity index (χ1v) is 12.6. The Bertz CT molecular complexity index is 1680. The number of aromatic nitrogens is 1. The van der Waals surface area contributed by atoms with Crippen LogP contribution in [0.2, 0.25) is 0 Å². The van der Waals surface area contributed by atoms with Crippen molar-refractivity contribution < 1.29 is 18.7 Å². The Morgan fingerprint density at radius 3 is 2.61 bits per heavy atom. The van der Waals surface area contributed by atoms with E-state index in [1.165, 1.54) is 23.0 Å². The van der Waals surface area contributed by atoms with E-state index in [1.807, 2.05) is 48.5 Å². The summed E-state index contributed by atoms with van der Waals surface area (Å²) < 4.78 is 19.3. The summed E-state index contributed by atoms with van der Waals surface area (Å²) >= 11 is 4.72. The number of nitrogens with zero attached hydrogens (tertiary/aromatic N) is 2. The summed E-state index contributed by atoms with van der Waals surface area (Å²) in [6, 6.07) is 18.0. The highest BCUT2D eigenvalue weighted by atomic mass is 79.9. The maximum atomic E-state index is 13.6. The third-order valence-corrected chi connectivity index (χ3v) is 7.34. The van der Waals surface area contributed by atoms with Gasteiger partial charge in [-0.25, -0.2) is 9.79 Å². The van der Waals surface area contributed by atoms with Gasteiger partial charge in [0.2, 0.25) is 0 Å². The van der Waals surface area contributed by atoms with Crippen LogP contribution >= 0.6 is 27.3 Å². The second-order valence-corrected chi connectivity index (χ2v) is 9.98. The number of benzene rings is 2. The number of esters is 1. The Morgan fingerprint density at radius 1 is 1.14 bits per heavy atom. The zero-order chi connectivity index (χ0) is 25.4. The van der Waals surface area contributed by atoms with Crippen LogP contribution in [0.4, 0.5) is 0 Å². The summed E-state index contributed by atoms with van der Waals surface area (Å²) in [7, 11) is 2.90. The summed E-state index contributed by atoms with van der Waals surface area (Å²) in [6.07, 6.45) is 1.70. The van der Waals surface area contributed by atoms with Crippen molar-refractivity contribution in [3.63, 3.8) is 0 Å². The van der Waals surface area contributed by atoms with E-state index in [9.17, 15) is 9.59 Å². The Labute approximate surface area is 218 Å². The van der Waals surface area contributed by atoms with E-state index >= 15 is 0 Å². The van der Waals surface area contributed by atoms with Crippen LogP contribution in [0.15, 0.2) is 90.6 Å². The van der Waals surface area contributed by atoms with Crippen LogP contribution in [-0.2, 0) is 9.53 Å². The third-order valence-electron chi connectivity index (χ3n) is 5.87. The fraction of sp³-hybridized carbons (Fsp3) is 0.148. The molecule has 1 aliphatic rings. The molecule has 2 aromatic carbocycles. The van der Waals surface area contributed by atoms with Crippen molar-refractivity contribution in [1.29, 1.82) is 0 Å². The standard InChI is InChI=1S/C27H21BrN2O5S/c1-15-23(26(32)34-3)24(16-7-9-19(33-2)10-8-16)30-25(31)22(36-27(30)29-15)14-20-11-12-21(35-20)17-5-4-6-18(28)13-17/h4-14,24H,1-3H3/b22-14+. The molecule has 2 aromatic heterocycles. The monoisotopic (exact) mass is 564 g/mol. The van der Waals surface area contributed by atoms with Gasteiger partial charge in [-0.1, -0.05) is 51.5 Å². The first-order valence-electron chi connectivity index (χ1n) is 11.0. The third kappa shape index (κ3) is 4.36. The fourth-order valence-corrected chi connectivity index (χ4v) is 5.58. The van der Waals surface area contributed by atoms with Crippen LogP contribution < -0.4 is 19.6 Å². The van der Waals surface area contributed by atoms with Crippen LogP contribution in [0.3, 0.4) is 0 Å². The minimum absolute atomic E-state index is 0.270. The lowest BCUT2D eigenvalue weighted by molar-refractivity contribution is -0.136. The van der Waals surface area contributed by atoms with E-state index in [4.69, 9.17) is 13.9 Å². The molecule has 0 saturated heterocycles.